The zero-order valence-corrected chi connectivity index (χ0v) is 8.63. The predicted octanol–water partition coefficient (Wildman–Crippen LogP) is -1.83. The van der Waals surface area contributed by atoms with E-state index in [1.807, 2.05) is 0 Å². The molecule has 0 amide bonds. The summed E-state index contributed by atoms with van der Waals surface area (Å²) in [4.78, 5) is 10.6. The number of ether oxygens (including phenoxy) is 1. The molecule has 1 heterocycles. The van der Waals surface area contributed by atoms with Gasteiger partial charge >= 0.3 is 5.97 Å². The largest absolute Gasteiger partial charge is 0.479 e. The van der Waals surface area contributed by atoms with E-state index in [0.29, 0.717) is 0 Å². The summed E-state index contributed by atoms with van der Waals surface area (Å²) in [6.07, 6.45) is -6.12. The molecule has 0 aromatic heterocycles. The Bertz CT molecular complexity index is 235. The Morgan fingerprint density at radius 3 is 2.33 bits per heavy atom. The van der Waals surface area contributed by atoms with Crippen LogP contribution in [0, 0.1) is 0 Å². The monoisotopic (exact) mass is 240 g/mol. The number of carboxylic acid groups (broad SMARTS) is 1. The molecule has 0 bridgehead atoms. The number of hydrogen-bond acceptors (Lipinski definition) is 7. The minimum absolute atomic E-state index is 0.858. The van der Waals surface area contributed by atoms with Gasteiger partial charge in [-0.25, -0.2) is 4.79 Å². The third-order valence-electron chi connectivity index (χ3n) is 2.00. The van der Waals surface area contributed by atoms with Gasteiger partial charge in [-0.15, -0.1) is 0 Å². The molecule has 5 unspecified atom stereocenters. The van der Waals surface area contributed by atoms with E-state index in [4.69, 9.17) is 14.0 Å². The van der Waals surface area contributed by atoms with Crippen molar-refractivity contribution in [3.8, 4) is 0 Å². The van der Waals surface area contributed by atoms with Crippen LogP contribution in [0.25, 0.3) is 0 Å². The van der Waals surface area contributed by atoms with Crippen LogP contribution in [0.4, 0.5) is 0 Å². The van der Waals surface area contributed by atoms with Gasteiger partial charge < -0.3 is 25.2 Å². The van der Waals surface area contributed by atoms with Gasteiger partial charge in [0.2, 0.25) is 0 Å². The molecule has 0 radical (unpaired) electrons. The van der Waals surface area contributed by atoms with Crippen molar-refractivity contribution in [3.63, 3.8) is 0 Å². The van der Waals surface area contributed by atoms with Crippen LogP contribution in [-0.4, -0.2) is 63.4 Å². The van der Waals surface area contributed by atoms with Crippen LogP contribution in [0.5, 0.6) is 0 Å². The molecule has 0 aromatic carbocycles. The number of rotatable bonds is 3. The molecule has 0 spiro atoms. The maximum absolute atomic E-state index is 10.6. The van der Waals surface area contributed by atoms with E-state index >= 15 is 0 Å². The first-order valence-electron chi connectivity index (χ1n) is 4.11. The SMILES string of the molecule is CSOC1OC(C(=O)O)C(O)C(O)C1O. The minimum Gasteiger partial charge on any atom is -0.479 e. The van der Waals surface area contributed by atoms with Crippen LogP contribution >= 0.6 is 12.0 Å². The van der Waals surface area contributed by atoms with E-state index in [1.54, 1.807) is 6.26 Å². The molecule has 0 aromatic rings. The van der Waals surface area contributed by atoms with Crippen LogP contribution in [0.1, 0.15) is 0 Å². The Morgan fingerprint density at radius 1 is 1.27 bits per heavy atom. The highest BCUT2D eigenvalue weighted by molar-refractivity contribution is 7.93. The number of carboxylic acids is 1. The smallest absolute Gasteiger partial charge is 0.335 e. The molecule has 1 rings (SSSR count). The lowest BCUT2D eigenvalue weighted by Crippen LogP contribution is -2.59. The van der Waals surface area contributed by atoms with Crippen LogP contribution < -0.4 is 0 Å². The average molecular weight is 240 g/mol. The highest BCUT2D eigenvalue weighted by Gasteiger charge is 2.47. The summed E-state index contributed by atoms with van der Waals surface area (Å²) in [6, 6.07) is 0. The summed E-state index contributed by atoms with van der Waals surface area (Å²) in [6.45, 7) is 0. The lowest BCUT2D eigenvalue weighted by atomic mass is 9.99. The van der Waals surface area contributed by atoms with E-state index in [0.717, 1.165) is 12.0 Å². The second-order valence-corrected chi connectivity index (χ2v) is 3.52. The van der Waals surface area contributed by atoms with Gasteiger partial charge in [0.15, 0.2) is 12.4 Å². The van der Waals surface area contributed by atoms with Gasteiger partial charge in [-0.1, -0.05) is 0 Å². The van der Waals surface area contributed by atoms with E-state index in [1.165, 1.54) is 0 Å². The highest BCUT2D eigenvalue weighted by atomic mass is 32.2. The first kappa shape index (κ1) is 12.7. The molecule has 1 fully saturated rings. The van der Waals surface area contributed by atoms with Crippen LogP contribution in [0.2, 0.25) is 0 Å². The minimum atomic E-state index is -1.68. The summed E-state index contributed by atoms with van der Waals surface area (Å²) in [5.74, 6) is -1.43. The molecular formula is C7H12O7S. The van der Waals surface area contributed by atoms with Gasteiger partial charge in [0, 0.05) is 6.26 Å². The van der Waals surface area contributed by atoms with Crippen molar-refractivity contribution >= 4 is 18.0 Å². The summed E-state index contributed by atoms with van der Waals surface area (Å²) in [5.41, 5.74) is 0. The standard InChI is InChI=1S/C7H12O7S/c1-15-14-7-4(10)2(8)3(9)5(13-7)6(11)12/h2-5,7-10H,1H3,(H,11,12). The average Bonchev–Trinajstić information content (AvgIpc) is 2.18. The third-order valence-corrected chi connectivity index (χ3v) is 2.39. The van der Waals surface area contributed by atoms with Gasteiger partial charge in [-0.05, 0) is 12.0 Å². The highest BCUT2D eigenvalue weighted by Crippen LogP contribution is 2.24. The van der Waals surface area contributed by atoms with Crippen molar-refractivity contribution in [2.24, 2.45) is 0 Å². The van der Waals surface area contributed by atoms with E-state index in [9.17, 15) is 20.1 Å². The predicted molar refractivity (Wildman–Crippen MR) is 48.9 cm³/mol. The van der Waals surface area contributed by atoms with Crippen molar-refractivity contribution < 1.29 is 34.1 Å². The molecule has 4 N–H and O–H groups in total. The molecule has 0 saturated carbocycles. The lowest BCUT2D eigenvalue weighted by Gasteiger charge is -2.37. The van der Waals surface area contributed by atoms with Crippen LogP contribution in [0.3, 0.4) is 0 Å². The van der Waals surface area contributed by atoms with Gasteiger partial charge in [0.1, 0.15) is 18.3 Å². The number of hydrogen-bond donors (Lipinski definition) is 4. The Labute approximate surface area is 89.8 Å². The maximum atomic E-state index is 10.6. The van der Waals surface area contributed by atoms with E-state index in [2.05, 4.69) is 0 Å². The Kier molecular flexibility index (Phi) is 4.32. The fraction of sp³-hybridized carbons (Fsp3) is 0.857. The normalized spacial score (nSPS) is 41.5. The second kappa shape index (κ2) is 5.10. The third kappa shape index (κ3) is 2.60. The summed E-state index contributed by atoms with van der Waals surface area (Å²) < 4.78 is 9.58. The van der Waals surface area contributed by atoms with Gasteiger partial charge in [-0.2, -0.15) is 0 Å². The van der Waals surface area contributed by atoms with E-state index in [-0.39, 0.29) is 0 Å². The summed E-state index contributed by atoms with van der Waals surface area (Å²) in [7, 11) is 0. The summed E-state index contributed by atoms with van der Waals surface area (Å²) >= 11 is 0.858. The molecule has 88 valence electrons. The molecule has 1 aliphatic heterocycles. The zero-order valence-electron chi connectivity index (χ0n) is 7.81. The van der Waals surface area contributed by atoms with Crippen molar-refractivity contribution in [2.45, 2.75) is 30.7 Å². The van der Waals surface area contributed by atoms with Crippen molar-refractivity contribution in [2.75, 3.05) is 6.26 Å². The van der Waals surface area contributed by atoms with Gasteiger partial charge in [0.05, 0.1) is 0 Å². The zero-order chi connectivity index (χ0) is 11.6. The van der Waals surface area contributed by atoms with Crippen molar-refractivity contribution in [3.05, 3.63) is 0 Å². The van der Waals surface area contributed by atoms with Crippen LogP contribution in [-0.2, 0) is 13.7 Å². The van der Waals surface area contributed by atoms with Crippen molar-refractivity contribution in [1.82, 2.24) is 0 Å². The molecule has 8 heteroatoms. The molecule has 1 saturated heterocycles. The molecule has 7 nitrogen and oxygen atoms in total. The summed E-state index contributed by atoms with van der Waals surface area (Å²) in [5, 5.41) is 36.6. The quantitative estimate of drug-likeness (QED) is 0.426. The number of aliphatic hydroxyl groups excluding tert-OH is 3. The number of aliphatic carboxylic acids is 1. The fourth-order valence-electron chi connectivity index (χ4n) is 1.23. The van der Waals surface area contributed by atoms with Gasteiger partial charge in [0.25, 0.3) is 0 Å². The second-order valence-electron chi connectivity index (χ2n) is 3.00. The molecule has 1 aliphatic rings. The fourth-order valence-corrected chi connectivity index (χ4v) is 1.58. The molecule has 15 heavy (non-hydrogen) atoms. The van der Waals surface area contributed by atoms with E-state index < -0.39 is 36.7 Å². The Hall–Kier alpha value is -0.380. The molecule has 0 aliphatic carbocycles. The number of aliphatic hydroxyl groups is 3. The Morgan fingerprint density at radius 2 is 1.87 bits per heavy atom. The lowest BCUT2D eigenvalue weighted by molar-refractivity contribution is -0.268. The van der Waals surface area contributed by atoms with Crippen LogP contribution in [0.15, 0.2) is 0 Å². The van der Waals surface area contributed by atoms with Crippen molar-refractivity contribution in [1.29, 1.82) is 0 Å². The first-order valence-corrected chi connectivity index (χ1v) is 5.26. The Balaban J connectivity index is 2.75. The topological polar surface area (TPSA) is 116 Å². The molecular weight excluding hydrogens is 228 g/mol. The maximum Gasteiger partial charge on any atom is 0.335 e. The van der Waals surface area contributed by atoms with Gasteiger partial charge in [-0.3, -0.25) is 4.18 Å². The first-order chi connectivity index (χ1) is 6.99. The molecule has 5 atom stereocenters. The number of carbonyl (C=O) groups is 1.